The summed E-state index contributed by atoms with van der Waals surface area (Å²) >= 11 is 0. The van der Waals surface area contributed by atoms with E-state index >= 15 is 0 Å². The van der Waals surface area contributed by atoms with E-state index in [9.17, 15) is 14.0 Å². The number of carbonyl (C=O) groups excluding carboxylic acids is 1. The van der Waals surface area contributed by atoms with Crippen LogP contribution in [0.4, 0.5) is 21.6 Å². The molecule has 1 amide bonds. The number of ether oxygens (including phenoxy) is 1. The lowest BCUT2D eigenvalue weighted by Crippen LogP contribution is -2.40. The zero-order valence-corrected chi connectivity index (χ0v) is 18.5. The molecule has 1 aromatic heterocycles. The van der Waals surface area contributed by atoms with Crippen LogP contribution in [0.15, 0.2) is 53.1 Å². The Labute approximate surface area is 190 Å². The second-order valence-corrected chi connectivity index (χ2v) is 8.39. The molecule has 174 valence electrons. The van der Waals surface area contributed by atoms with Crippen LogP contribution in [0.5, 0.6) is 0 Å². The van der Waals surface area contributed by atoms with E-state index in [-0.39, 0.29) is 23.1 Å². The number of nitrogens with zero attached hydrogens (tertiary/aromatic N) is 3. The van der Waals surface area contributed by atoms with Crippen molar-refractivity contribution in [1.29, 1.82) is 0 Å². The molecule has 2 aliphatic rings. The van der Waals surface area contributed by atoms with Gasteiger partial charge in [0.2, 0.25) is 0 Å². The van der Waals surface area contributed by atoms with Crippen molar-refractivity contribution in [3.05, 3.63) is 69.9 Å². The molecule has 1 aromatic carbocycles. The van der Waals surface area contributed by atoms with Gasteiger partial charge in [-0.2, -0.15) is 0 Å². The van der Waals surface area contributed by atoms with Crippen LogP contribution in [0.2, 0.25) is 0 Å². The van der Waals surface area contributed by atoms with Gasteiger partial charge in [-0.3, -0.25) is 9.59 Å². The quantitative estimate of drug-likeness (QED) is 0.599. The van der Waals surface area contributed by atoms with Crippen LogP contribution in [0, 0.1) is 0 Å². The molecule has 4 rings (SSSR count). The monoisotopic (exact) mass is 454 g/mol. The fraction of sp³-hybridized carbons (Fsp3) is 0.348. The Kier molecular flexibility index (Phi) is 5.94. The van der Waals surface area contributed by atoms with Crippen molar-refractivity contribution in [2.45, 2.75) is 18.5 Å². The first-order chi connectivity index (χ1) is 15.7. The van der Waals surface area contributed by atoms with Gasteiger partial charge in [0.25, 0.3) is 11.5 Å². The van der Waals surface area contributed by atoms with Crippen LogP contribution < -0.4 is 22.3 Å². The highest BCUT2D eigenvalue weighted by Gasteiger charge is 2.39. The lowest BCUT2D eigenvalue weighted by Gasteiger charge is -2.32. The highest BCUT2D eigenvalue weighted by Crippen LogP contribution is 2.35. The van der Waals surface area contributed by atoms with Crippen molar-refractivity contribution in [1.82, 2.24) is 14.5 Å². The van der Waals surface area contributed by atoms with Crippen LogP contribution in [0.3, 0.4) is 0 Å². The predicted octanol–water partition coefficient (Wildman–Crippen LogP) is 1.59. The number of carbonyl (C=O) groups is 1. The van der Waals surface area contributed by atoms with Crippen molar-refractivity contribution < 1.29 is 13.9 Å². The third kappa shape index (κ3) is 4.21. The molecule has 0 radical (unpaired) electrons. The molecule has 2 atom stereocenters. The number of rotatable bonds is 4. The van der Waals surface area contributed by atoms with Gasteiger partial charge in [-0.25, -0.2) is 9.37 Å². The summed E-state index contributed by atoms with van der Waals surface area (Å²) in [6.07, 6.45) is 4.88. The lowest BCUT2D eigenvalue weighted by atomic mass is 9.78. The van der Waals surface area contributed by atoms with Gasteiger partial charge in [0.1, 0.15) is 0 Å². The van der Waals surface area contributed by atoms with Gasteiger partial charge in [0.15, 0.2) is 12.0 Å². The van der Waals surface area contributed by atoms with Crippen LogP contribution in [0.1, 0.15) is 23.0 Å². The molecule has 10 heteroatoms. The zero-order valence-electron chi connectivity index (χ0n) is 18.5. The number of nitrogens with one attached hydrogen (secondary N) is 1. The topological polar surface area (TPSA) is 128 Å². The maximum atomic E-state index is 15.0. The van der Waals surface area contributed by atoms with E-state index in [4.69, 9.17) is 16.2 Å². The van der Waals surface area contributed by atoms with Crippen LogP contribution in [-0.2, 0) is 17.2 Å². The Morgan fingerprint density at radius 2 is 2.03 bits per heavy atom. The summed E-state index contributed by atoms with van der Waals surface area (Å²) in [6, 6.07) is 4.83. The number of aryl methyl sites for hydroxylation is 1. The van der Waals surface area contributed by atoms with Crippen molar-refractivity contribution in [3.63, 3.8) is 0 Å². The molecule has 1 saturated heterocycles. The maximum absolute atomic E-state index is 15.0. The van der Waals surface area contributed by atoms with Gasteiger partial charge in [0, 0.05) is 43.4 Å². The summed E-state index contributed by atoms with van der Waals surface area (Å²) in [5.41, 5.74) is 12.0. The molecule has 2 unspecified atom stereocenters. The number of alkyl halides is 1. The first-order valence-electron chi connectivity index (χ1n) is 10.6. The number of morpholine rings is 1. The number of aromatic nitrogens is 2. The lowest BCUT2D eigenvalue weighted by molar-refractivity contribution is 0.0303. The third-order valence-corrected chi connectivity index (χ3v) is 6.02. The van der Waals surface area contributed by atoms with Crippen molar-refractivity contribution >= 4 is 23.1 Å². The molecule has 0 spiro atoms. The van der Waals surface area contributed by atoms with Crippen LogP contribution >= 0.6 is 0 Å². The van der Waals surface area contributed by atoms with E-state index in [0.717, 1.165) is 0 Å². The minimum atomic E-state index is -1.48. The Morgan fingerprint density at radius 1 is 1.30 bits per heavy atom. The molecule has 33 heavy (non-hydrogen) atoms. The van der Waals surface area contributed by atoms with E-state index in [1.165, 1.54) is 16.8 Å². The fourth-order valence-electron chi connectivity index (χ4n) is 3.95. The number of anilines is 3. The SMILES string of the molecule is Cn1cc(C2(C)C=CC=C(N)C2F)nc(Nc2ccc(C(=O)N3CCOCC3)c(N)c2)c1=O. The number of amides is 1. The fourth-order valence-corrected chi connectivity index (χ4v) is 3.95. The predicted molar refractivity (Wildman–Crippen MR) is 124 cm³/mol. The number of allylic oxidation sites excluding steroid dienone is 4. The van der Waals surface area contributed by atoms with E-state index in [1.807, 2.05) is 0 Å². The Morgan fingerprint density at radius 3 is 2.73 bits per heavy atom. The molecule has 9 nitrogen and oxygen atoms in total. The molecule has 0 bridgehead atoms. The van der Waals surface area contributed by atoms with Gasteiger partial charge in [0.05, 0.1) is 29.9 Å². The van der Waals surface area contributed by atoms with E-state index in [1.54, 1.807) is 49.2 Å². The summed E-state index contributed by atoms with van der Waals surface area (Å²) in [4.78, 5) is 31.6. The highest BCUT2D eigenvalue weighted by molar-refractivity contribution is 5.99. The minimum Gasteiger partial charge on any atom is -0.400 e. The number of nitrogen functional groups attached to an aromatic ring is 1. The Bertz CT molecular complexity index is 1200. The molecule has 5 N–H and O–H groups in total. The summed E-state index contributed by atoms with van der Waals surface area (Å²) in [5.74, 6) is -0.161. The smallest absolute Gasteiger partial charge is 0.293 e. The molecule has 0 saturated carbocycles. The molecule has 1 fully saturated rings. The summed E-state index contributed by atoms with van der Waals surface area (Å²) < 4.78 is 21.6. The minimum absolute atomic E-state index is 0.0107. The molecule has 2 aromatic rings. The largest absolute Gasteiger partial charge is 0.400 e. The first-order valence-corrected chi connectivity index (χ1v) is 10.6. The second-order valence-electron chi connectivity index (χ2n) is 8.39. The molecular weight excluding hydrogens is 427 g/mol. The Hall–Kier alpha value is -3.66. The van der Waals surface area contributed by atoms with Crippen LogP contribution in [-0.4, -0.2) is 52.8 Å². The zero-order chi connectivity index (χ0) is 23.8. The van der Waals surface area contributed by atoms with Crippen molar-refractivity contribution in [2.75, 3.05) is 37.4 Å². The summed E-state index contributed by atoms with van der Waals surface area (Å²) in [5, 5.41) is 2.96. The first kappa shape index (κ1) is 22.5. The van der Waals surface area contributed by atoms with Crippen LogP contribution in [0.25, 0.3) is 0 Å². The Balaban J connectivity index is 1.62. The third-order valence-electron chi connectivity index (χ3n) is 6.02. The molecular formula is C23H27FN6O3. The van der Waals surface area contributed by atoms with E-state index in [2.05, 4.69) is 10.3 Å². The molecule has 2 heterocycles. The van der Waals surface area contributed by atoms with Gasteiger partial charge in [-0.05, 0) is 31.2 Å². The van der Waals surface area contributed by atoms with Crippen molar-refractivity contribution in [2.24, 2.45) is 12.8 Å². The summed E-state index contributed by atoms with van der Waals surface area (Å²) in [6.45, 7) is 3.67. The summed E-state index contributed by atoms with van der Waals surface area (Å²) in [7, 11) is 1.57. The van der Waals surface area contributed by atoms with Gasteiger partial charge < -0.3 is 31.0 Å². The van der Waals surface area contributed by atoms with Gasteiger partial charge >= 0.3 is 0 Å². The highest BCUT2D eigenvalue weighted by atomic mass is 19.1. The standard InChI is InChI=1S/C23H27FN6O3/c1-23(7-3-4-16(25)19(23)24)18-13-29(2)22(32)20(28-18)27-14-5-6-15(17(26)12-14)21(31)30-8-10-33-11-9-30/h3-7,12-13,19H,8-11,25-26H2,1-2H3,(H,27,28). The van der Waals surface area contributed by atoms with Crippen molar-refractivity contribution in [3.8, 4) is 0 Å². The number of hydrogen-bond donors (Lipinski definition) is 3. The van der Waals surface area contributed by atoms with Gasteiger partial charge in [-0.1, -0.05) is 12.2 Å². The average Bonchev–Trinajstić information content (AvgIpc) is 2.80. The number of hydrogen-bond acceptors (Lipinski definition) is 7. The van der Waals surface area contributed by atoms with E-state index < -0.39 is 17.1 Å². The average molecular weight is 455 g/mol. The second kappa shape index (κ2) is 8.70. The number of halogens is 1. The molecule has 1 aliphatic carbocycles. The normalized spacial score (nSPS) is 22.7. The number of benzene rings is 1. The van der Waals surface area contributed by atoms with Gasteiger partial charge in [-0.15, -0.1) is 0 Å². The maximum Gasteiger partial charge on any atom is 0.293 e. The van der Waals surface area contributed by atoms with E-state index in [0.29, 0.717) is 43.2 Å². The number of nitrogens with two attached hydrogens (primary N) is 2. The molecule has 1 aliphatic heterocycles.